The fraction of sp³-hybridized carbons (Fsp3) is 0.250. The number of hydrogen-bond donors (Lipinski definition) is 0. The van der Waals surface area contributed by atoms with Crippen LogP contribution in [0.4, 0.5) is 0 Å². The van der Waals surface area contributed by atoms with E-state index in [1.165, 1.54) is 22.2 Å². The molecule has 35 heavy (non-hydrogen) atoms. The lowest BCUT2D eigenvalue weighted by Gasteiger charge is -2.23. The summed E-state index contributed by atoms with van der Waals surface area (Å²) in [6.07, 6.45) is 0. The second-order valence-electron chi connectivity index (χ2n) is 8.25. The smallest absolute Gasteiger partial charge is 0.233 e. The molecule has 1 heterocycles. The summed E-state index contributed by atoms with van der Waals surface area (Å²) in [6.45, 7) is 6.10. The molecule has 0 saturated heterocycles. The molecule has 180 valence electrons. The molecule has 0 aliphatic carbocycles. The Balaban J connectivity index is 1.41. The Morgan fingerprint density at radius 2 is 1.43 bits per heavy atom. The zero-order valence-corrected chi connectivity index (χ0v) is 21.8. The SMILES string of the molecule is CCn1c(CSc2ccc(C)cc2)nnc1SCC(=O)N(Cc1ccccc1)Cc1ccccc1. The van der Waals surface area contributed by atoms with Gasteiger partial charge in [-0.15, -0.1) is 22.0 Å². The van der Waals surface area contributed by atoms with Gasteiger partial charge in [-0.1, -0.05) is 90.1 Å². The first kappa shape index (κ1) is 25.1. The van der Waals surface area contributed by atoms with Crippen molar-refractivity contribution in [3.8, 4) is 0 Å². The fourth-order valence-electron chi connectivity index (χ4n) is 3.69. The zero-order valence-electron chi connectivity index (χ0n) is 20.1. The first-order valence-corrected chi connectivity index (χ1v) is 13.7. The number of aryl methyl sites for hydroxylation is 1. The van der Waals surface area contributed by atoms with Crippen molar-refractivity contribution in [2.24, 2.45) is 0 Å². The van der Waals surface area contributed by atoms with E-state index in [1.54, 1.807) is 11.8 Å². The summed E-state index contributed by atoms with van der Waals surface area (Å²) in [5, 5.41) is 9.62. The number of thioether (sulfide) groups is 2. The molecule has 4 aromatic rings. The van der Waals surface area contributed by atoms with Crippen LogP contribution in [0, 0.1) is 6.92 Å². The summed E-state index contributed by atoms with van der Waals surface area (Å²) in [5.41, 5.74) is 3.49. The molecule has 0 bridgehead atoms. The van der Waals surface area contributed by atoms with E-state index in [0.29, 0.717) is 18.8 Å². The molecule has 0 spiro atoms. The average molecular weight is 503 g/mol. The van der Waals surface area contributed by atoms with Gasteiger partial charge in [0.25, 0.3) is 0 Å². The van der Waals surface area contributed by atoms with Gasteiger partial charge in [0.15, 0.2) is 5.16 Å². The molecule has 5 nitrogen and oxygen atoms in total. The van der Waals surface area contributed by atoms with Crippen LogP contribution in [0.25, 0.3) is 0 Å². The highest BCUT2D eigenvalue weighted by atomic mass is 32.2. The van der Waals surface area contributed by atoms with Crippen LogP contribution in [0.1, 0.15) is 29.4 Å². The van der Waals surface area contributed by atoms with Gasteiger partial charge in [-0.2, -0.15) is 0 Å². The number of nitrogens with zero attached hydrogens (tertiary/aromatic N) is 4. The van der Waals surface area contributed by atoms with Crippen LogP contribution in [-0.2, 0) is 30.2 Å². The Morgan fingerprint density at radius 1 is 0.829 bits per heavy atom. The van der Waals surface area contributed by atoms with Gasteiger partial charge in [-0.05, 0) is 37.1 Å². The summed E-state index contributed by atoms with van der Waals surface area (Å²) in [7, 11) is 0. The van der Waals surface area contributed by atoms with Crippen LogP contribution < -0.4 is 0 Å². The molecule has 1 amide bonds. The van der Waals surface area contributed by atoms with Crippen molar-refractivity contribution in [2.75, 3.05) is 5.75 Å². The molecule has 0 N–H and O–H groups in total. The van der Waals surface area contributed by atoms with Crippen molar-refractivity contribution in [1.82, 2.24) is 19.7 Å². The molecule has 3 aromatic carbocycles. The van der Waals surface area contributed by atoms with Crippen LogP contribution >= 0.6 is 23.5 Å². The van der Waals surface area contributed by atoms with E-state index in [4.69, 9.17) is 0 Å². The monoisotopic (exact) mass is 502 g/mol. The number of hydrogen-bond acceptors (Lipinski definition) is 5. The van der Waals surface area contributed by atoms with Crippen molar-refractivity contribution in [2.45, 2.75) is 49.3 Å². The average Bonchev–Trinajstić information content (AvgIpc) is 3.29. The standard InChI is InChI=1S/C28H30N4OS2/c1-3-32-26(20-34-25-16-14-22(2)15-17-25)29-30-28(32)35-21-27(33)31(18-23-10-6-4-7-11-23)19-24-12-8-5-9-13-24/h4-17H,3,18-21H2,1-2H3. The van der Waals surface area contributed by atoms with E-state index in [1.807, 2.05) is 41.3 Å². The highest BCUT2D eigenvalue weighted by molar-refractivity contribution is 7.99. The van der Waals surface area contributed by atoms with Gasteiger partial charge in [0, 0.05) is 24.5 Å². The zero-order chi connectivity index (χ0) is 24.5. The molecule has 0 aliphatic rings. The van der Waals surface area contributed by atoms with Crippen LogP contribution in [0.3, 0.4) is 0 Å². The Kier molecular flexibility index (Phi) is 9.03. The van der Waals surface area contributed by atoms with Gasteiger partial charge in [-0.25, -0.2) is 0 Å². The minimum Gasteiger partial charge on any atom is -0.333 e. The predicted molar refractivity (Wildman–Crippen MR) is 144 cm³/mol. The first-order valence-electron chi connectivity index (χ1n) is 11.7. The fourth-order valence-corrected chi connectivity index (χ4v) is 5.45. The number of carbonyl (C=O) groups excluding carboxylic acids is 1. The minimum atomic E-state index is 0.0870. The Bertz CT molecular complexity index is 1170. The maximum atomic E-state index is 13.3. The number of amides is 1. The summed E-state index contributed by atoms with van der Waals surface area (Å²) >= 11 is 3.21. The molecular weight excluding hydrogens is 472 g/mol. The number of benzene rings is 3. The van der Waals surface area contributed by atoms with E-state index in [-0.39, 0.29) is 5.91 Å². The van der Waals surface area contributed by atoms with Crippen molar-refractivity contribution in [3.05, 3.63) is 107 Å². The lowest BCUT2D eigenvalue weighted by atomic mass is 10.1. The second-order valence-corrected chi connectivity index (χ2v) is 10.2. The van der Waals surface area contributed by atoms with Gasteiger partial charge < -0.3 is 9.47 Å². The van der Waals surface area contributed by atoms with E-state index in [9.17, 15) is 4.79 Å². The quantitative estimate of drug-likeness (QED) is 0.228. The van der Waals surface area contributed by atoms with Crippen molar-refractivity contribution in [1.29, 1.82) is 0 Å². The molecule has 0 fully saturated rings. The molecule has 0 unspecified atom stereocenters. The molecule has 7 heteroatoms. The Hall–Kier alpha value is -3.03. The van der Waals surface area contributed by atoms with E-state index in [2.05, 4.69) is 77.1 Å². The van der Waals surface area contributed by atoms with Crippen molar-refractivity contribution < 1.29 is 4.79 Å². The molecule has 4 rings (SSSR count). The summed E-state index contributed by atoms with van der Waals surface area (Å²) in [6, 6.07) is 28.8. The molecule has 0 atom stereocenters. The lowest BCUT2D eigenvalue weighted by molar-refractivity contribution is -0.129. The third-order valence-corrected chi connectivity index (χ3v) is 7.57. The maximum absolute atomic E-state index is 13.3. The largest absolute Gasteiger partial charge is 0.333 e. The molecule has 0 aliphatic heterocycles. The van der Waals surface area contributed by atoms with Gasteiger partial charge >= 0.3 is 0 Å². The van der Waals surface area contributed by atoms with Gasteiger partial charge in [0.2, 0.25) is 5.91 Å². The summed E-state index contributed by atoms with van der Waals surface area (Å²) in [5.74, 6) is 2.08. The highest BCUT2D eigenvalue weighted by Crippen LogP contribution is 2.25. The number of aromatic nitrogens is 3. The predicted octanol–water partition coefficient (Wildman–Crippen LogP) is 6.22. The molecule has 0 radical (unpaired) electrons. The third kappa shape index (κ3) is 7.23. The van der Waals surface area contributed by atoms with Crippen molar-refractivity contribution in [3.63, 3.8) is 0 Å². The Morgan fingerprint density at radius 3 is 2.00 bits per heavy atom. The summed E-state index contributed by atoms with van der Waals surface area (Å²) in [4.78, 5) is 16.4. The highest BCUT2D eigenvalue weighted by Gasteiger charge is 2.18. The second kappa shape index (κ2) is 12.6. The van der Waals surface area contributed by atoms with E-state index in [0.717, 1.165) is 34.4 Å². The van der Waals surface area contributed by atoms with Crippen LogP contribution in [-0.4, -0.2) is 31.3 Å². The lowest BCUT2D eigenvalue weighted by Crippen LogP contribution is -2.31. The Labute approximate surface area is 216 Å². The normalized spacial score (nSPS) is 10.9. The molecule has 1 aromatic heterocycles. The molecular formula is C28H30N4OS2. The summed E-state index contributed by atoms with van der Waals surface area (Å²) < 4.78 is 2.11. The van der Waals surface area contributed by atoms with E-state index >= 15 is 0 Å². The van der Waals surface area contributed by atoms with Gasteiger partial charge in [-0.3, -0.25) is 4.79 Å². The first-order chi connectivity index (χ1) is 17.1. The van der Waals surface area contributed by atoms with Crippen LogP contribution in [0.2, 0.25) is 0 Å². The van der Waals surface area contributed by atoms with Gasteiger partial charge in [0.1, 0.15) is 5.82 Å². The van der Waals surface area contributed by atoms with Crippen LogP contribution in [0.5, 0.6) is 0 Å². The maximum Gasteiger partial charge on any atom is 0.233 e. The topological polar surface area (TPSA) is 51.0 Å². The third-order valence-electron chi connectivity index (χ3n) is 5.61. The van der Waals surface area contributed by atoms with Crippen LogP contribution in [0.15, 0.2) is 95.0 Å². The minimum absolute atomic E-state index is 0.0870. The van der Waals surface area contributed by atoms with E-state index < -0.39 is 0 Å². The number of rotatable bonds is 11. The number of carbonyl (C=O) groups is 1. The molecule has 0 saturated carbocycles. The van der Waals surface area contributed by atoms with Gasteiger partial charge in [0.05, 0.1) is 11.5 Å². The van der Waals surface area contributed by atoms with Crippen molar-refractivity contribution >= 4 is 29.4 Å².